The largest absolute Gasteiger partial charge is 0.338 e. The Labute approximate surface area is 186 Å². The molecule has 0 atom stereocenters. The van der Waals surface area contributed by atoms with Crippen molar-refractivity contribution in [1.82, 2.24) is 14.3 Å². The maximum atomic E-state index is 13.2. The zero-order valence-corrected chi connectivity index (χ0v) is 18.8. The number of hydrogen-bond donors (Lipinski definition) is 0. The summed E-state index contributed by atoms with van der Waals surface area (Å²) in [6.45, 7) is 7.10. The van der Waals surface area contributed by atoms with E-state index < -0.39 is 5.41 Å². The average molecular weight is 436 g/mol. The molecule has 2 aromatic heterocycles. The minimum atomic E-state index is -0.441. The van der Waals surface area contributed by atoms with Gasteiger partial charge in [-0.2, -0.15) is 0 Å². The SMILES string of the molecule is CC(C)(C)C(=O)N(CCc1csc2nc(-c3ccc(F)cc3)cn12)Cc1ccccc1. The van der Waals surface area contributed by atoms with Gasteiger partial charge in [-0.15, -0.1) is 11.3 Å². The molecule has 0 N–H and O–H groups in total. The average Bonchev–Trinajstić information content (AvgIpc) is 3.32. The van der Waals surface area contributed by atoms with Crippen molar-refractivity contribution in [3.63, 3.8) is 0 Å². The van der Waals surface area contributed by atoms with Crippen LogP contribution in [0.1, 0.15) is 32.0 Å². The van der Waals surface area contributed by atoms with Crippen LogP contribution in [0.3, 0.4) is 0 Å². The fourth-order valence-electron chi connectivity index (χ4n) is 3.55. The van der Waals surface area contributed by atoms with Gasteiger partial charge < -0.3 is 4.90 Å². The third-order valence-corrected chi connectivity index (χ3v) is 6.10. The van der Waals surface area contributed by atoms with Crippen molar-refractivity contribution >= 4 is 22.2 Å². The Morgan fingerprint density at radius 3 is 2.48 bits per heavy atom. The second-order valence-corrected chi connectivity index (χ2v) is 9.56. The van der Waals surface area contributed by atoms with E-state index in [9.17, 15) is 9.18 Å². The second-order valence-electron chi connectivity index (χ2n) is 8.72. The zero-order valence-electron chi connectivity index (χ0n) is 18.0. The van der Waals surface area contributed by atoms with E-state index in [1.165, 1.54) is 12.1 Å². The summed E-state index contributed by atoms with van der Waals surface area (Å²) in [4.78, 5) is 20.6. The summed E-state index contributed by atoms with van der Waals surface area (Å²) >= 11 is 1.58. The number of aromatic nitrogens is 2. The highest BCUT2D eigenvalue weighted by atomic mass is 32.1. The molecule has 0 aliphatic heterocycles. The number of nitrogens with zero attached hydrogens (tertiary/aromatic N) is 3. The number of imidazole rings is 1. The summed E-state index contributed by atoms with van der Waals surface area (Å²) in [7, 11) is 0. The van der Waals surface area contributed by atoms with Crippen LogP contribution in [-0.4, -0.2) is 26.7 Å². The predicted octanol–water partition coefficient (Wildman–Crippen LogP) is 5.82. The quantitative estimate of drug-likeness (QED) is 0.383. The maximum Gasteiger partial charge on any atom is 0.228 e. The first-order valence-electron chi connectivity index (χ1n) is 10.4. The molecule has 0 fully saturated rings. The second kappa shape index (κ2) is 8.63. The summed E-state index contributed by atoms with van der Waals surface area (Å²) in [6.07, 6.45) is 2.72. The normalized spacial score (nSPS) is 11.7. The number of hydrogen-bond acceptors (Lipinski definition) is 3. The topological polar surface area (TPSA) is 37.6 Å². The fourth-order valence-corrected chi connectivity index (χ4v) is 4.46. The molecular formula is C25H26FN3OS. The van der Waals surface area contributed by atoms with E-state index in [1.54, 1.807) is 23.5 Å². The van der Waals surface area contributed by atoms with Gasteiger partial charge in [0.25, 0.3) is 0 Å². The van der Waals surface area contributed by atoms with Crippen LogP contribution in [0.15, 0.2) is 66.2 Å². The Bertz CT molecular complexity index is 1170. The fraction of sp³-hybridized carbons (Fsp3) is 0.280. The van der Waals surface area contributed by atoms with Crippen LogP contribution >= 0.6 is 11.3 Å². The van der Waals surface area contributed by atoms with Crippen LogP contribution < -0.4 is 0 Å². The van der Waals surface area contributed by atoms with E-state index in [4.69, 9.17) is 0 Å². The molecular weight excluding hydrogens is 409 g/mol. The van der Waals surface area contributed by atoms with Crippen molar-refractivity contribution in [1.29, 1.82) is 0 Å². The lowest BCUT2D eigenvalue weighted by molar-refractivity contribution is -0.140. The number of benzene rings is 2. The predicted molar refractivity (Wildman–Crippen MR) is 123 cm³/mol. The van der Waals surface area contributed by atoms with Gasteiger partial charge in [-0.1, -0.05) is 51.1 Å². The first-order chi connectivity index (χ1) is 14.8. The van der Waals surface area contributed by atoms with Gasteiger partial charge in [-0.25, -0.2) is 9.37 Å². The number of carbonyl (C=O) groups is 1. The minimum absolute atomic E-state index is 0.139. The Balaban J connectivity index is 1.55. The number of amides is 1. The van der Waals surface area contributed by atoms with Gasteiger partial charge >= 0.3 is 0 Å². The standard InChI is InChI=1S/C25H26FN3OS/c1-25(2,3)23(30)28(15-18-7-5-4-6-8-18)14-13-21-17-31-24-27-22(16-29(21)24)19-9-11-20(26)12-10-19/h4-12,16-17H,13-15H2,1-3H3. The third kappa shape index (κ3) is 4.85. The van der Waals surface area contributed by atoms with Crippen molar-refractivity contribution in [2.75, 3.05) is 6.54 Å². The van der Waals surface area contributed by atoms with Crippen LogP contribution in [0.25, 0.3) is 16.2 Å². The van der Waals surface area contributed by atoms with Crippen LogP contribution in [0.5, 0.6) is 0 Å². The van der Waals surface area contributed by atoms with Gasteiger partial charge in [0.05, 0.1) is 5.69 Å². The van der Waals surface area contributed by atoms with Crippen LogP contribution in [0.2, 0.25) is 0 Å². The Kier molecular flexibility index (Phi) is 5.92. The summed E-state index contributed by atoms with van der Waals surface area (Å²) in [6, 6.07) is 16.5. The van der Waals surface area contributed by atoms with Crippen LogP contribution in [0.4, 0.5) is 4.39 Å². The number of fused-ring (bicyclic) bond motifs is 1. The lowest BCUT2D eigenvalue weighted by atomic mass is 9.94. The Morgan fingerprint density at radius 2 is 1.81 bits per heavy atom. The summed E-state index contributed by atoms with van der Waals surface area (Å²) < 4.78 is 15.3. The van der Waals surface area contributed by atoms with Gasteiger partial charge in [0.15, 0.2) is 4.96 Å². The van der Waals surface area contributed by atoms with Crippen molar-refractivity contribution in [3.05, 3.63) is 83.2 Å². The maximum absolute atomic E-state index is 13.2. The minimum Gasteiger partial charge on any atom is -0.338 e. The van der Waals surface area contributed by atoms with E-state index in [2.05, 4.69) is 26.9 Å². The summed E-state index contributed by atoms with van der Waals surface area (Å²) in [5.41, 5.74) is 3.50. The van der Waals surface area contributed by atoms with E-state index in [0.29, 0.717) is 13.1 Å². The molecule has 4 rings (SSSR count). The molecule has 0 aliphatic carbocycles. The molecule has 4 aromatic rings. The van der Waals surface area contributed by atoms with Crippen LogP contribution in [-0.2, 0) is 17.8 Å². The molecule has 4 nitrogen and oxygen atoms in total. The molecule has 1 amide bonds. The summed E-state index contributed by atoms with van der Waals surface area (Å²) in [5.74, 6) is -0.118. The van der Waals surface area contributed by atoms with Gasteiger partial charge in [0.1, 0.15) is 5.82 Å². The highest BCUT2D eigenvalue weighted by molar-refractivity contribution is 7.15. The number of rotatable bonds is 6. The van der Waals surface area contributed by atoms with E-state index in [-0.39, 0.29) is 11.7 Å². The highest BCUT2D eigenvalue weighted by Gasteiger charge is 2.27. The number of thiazole rings is 1. The number of carbonyl (C=O) groups excluding carboxylic acids is 1. The highest BCUT2D eigenvalue weighted by Crippen LogP contribution is 2.25. The van der Waals surface area contributed by atoms with E-state index in [1.807, 2.05) is 50.1 Å². The smallest absolute Gasteiger partial charge is 0.228 e. The van der Waals surface area contributed by atoms with Gasteiger partial charge in [0, 0.05) is 47.8 Å². The Hall–Kier alpha value is -2.99. The van der Waals surface area contributed by atoms with Crippen molar-refractivity contribution in [2.45, 2.75) is 33.7 Å². The molecule has 0 saturated carbocycles. The molecule has 0 saturated heterocycles. The van der Waals surface area contributed by atoms with Crippen molar-refractivity contribution in [3.8, 4) is 11.3 Å². The zero-order chi connectivity index (χ0) is 22.0. The van der Waals surface area contributed by atoms with Crippen molar-refractivity contribution < 1.29 is 9.18 Å². The van der Waals surface area contributed by atoms with Gasteiger partial charge in [-0.05, 0) is 29.8 Å². The molecule has 2 heterocycles. The third-order valence-electron chi connectivity index (χ3n) is 5.21. The lowest BCUT2D eigenvalue weighted by Gasteiger charge is -2.29. The molecule has 0 radical (unpaired) electrons. The molecule has 160 valence electrons. The molecule has 0 spiro atoms. The molecule has 2 aromatic carbocycles. The molecule has 0 aliphatic rings. The summed E-state index contributed by atoms with van der Waals surface area (Å²) in [5, 5.41) is 2.10. The molecule has 0 bridgehead atoms. The molecule has 31 heavy (non-hydrogen) atoms. The molecule has 0 unspecified atom stereocenters. The first kappa shape index (κ1) is 21.2. The van der Waals surface area contributed by atoms with Gasteiger partial charge in [0.2, 0.25) is 5.91 Å². The van der Waals surface area contributed by atoms with Gasteiger partial charge in [-0.3, -0.25) is 9.20 Å². The number of halogens is 1. The monoisotopic (exact) mass is 435 g/mol. The van der Waals surface area contributed by atoms with Crippen molar-refractivity contribution in [2.24, 2.45) is 5.41 Å². The molecule has 6 heteroatoms. The van der Waals surface area contributed by atoms with E-state index >= 15 is 0 Å². The Morgan fingerprint density at radius 1 is 1.10 bits per heavy atom. The van der Waals surface area contributed by atoms with E-state index in [0.717, 1.165) is 33.9 Å². The van der Waals surface area contributed by atoms with Crippen LogP contribution in [0, 0.1) is 11.2 Å². The first-order valence-corrected chi connectivity index (χ1v) is 11.2. The lowest BCUT2D eigenvalue weighted by Crippen LogP contribution is -2.40.